The molecule has 0 aliphatic carbocycles. The Labute approximate surface area is 167 Å². The topological polar surface area (TPSA) is 106 Å². The van der Waals surface area contributed by atoms with Gasteiger partial charge in [0.25, 0.3) is 5.91 Å². The minimum atomic E-state index is -0.826. The number of nitrogens with zero attached hydrogens (tertiary/aromatic N) is 1. The molecule has 0 atom stereocenters. The van der Waals surface area contributed by atoms with E-state index in [0.717, 1.165) is 0 Å². The fourth-order valence-corrected chi connectivity index (χ4v) is 2.68. The predicted molar refractivity (Wildman–Crippen MR) is 105 cm³/mol. The zero-order valence-corrected chi connectivity index (χ0v) is 16.1. The van der Waals surface area contributed by atoms with Crippen molar-refractivity contribution in [1.29, 1.82) is 0 Å². The molecule has 0 saturated carbocycles. The van der Waals surface area contributed by atoms with E-state index < -0.39 is 11.8 Å². The number of methoxy groups -OCH3 is 1. The maximum absolute atomic E-state index is 12.1. The van der Waals surface area contributed by atoms with Gasteiger partial charge in [0.2, 0.25) is 0 Å². The van der Waals surface area contributed by atoms with Crippen LogP contribution in [-0.2, 0) is 14.4 Å². The molecule has 1 aliphatic rings. The lowest BCUT2D eigenvalue weighted by Crippen LogP contribution is -2.38. The van der Waals surface area contributed by atoms with Gasteiger partial charge in [-0.3, -0.25) is 14.4 Å². The van der Waals surface area contributed by atoms with Gasteiger partial charge in [0, 0.05) is 12.7 Å². The summed E-state index contributed by atoms with van der Waals surface area (Å²) in [4.78, 5) is 37.2. The second kappa shape index (κ2) is 8.96. The van der Waals surface area contributed by atoms with Gasteiger partial charge in [-0.15, -0.1) is 0 Å². The van der Waals surface area contributed by atoms with Gasteiger partial charge in [0.05, 0.1) is 19.3 Å². The van der Waals surface area contributed by atoms with E-state index >= 15 is 0 Å². The zero-order valence-electron chi connectivity index (χ0n) is 16.1. The van der Waals surface area contributed by atoms with Gasteiger partial charge in [-0.05, 0) is 30.3 Å². The molecule has 0 saturated heterocycles. The maximum Gasteiger partial charge on any atom is 0.313 e. The van der Waals surface area contributed by atoms with Crippen LogP contribution in [0.5, 0.6) is 17.2 Å². The Morgan fingerprint density at radius 3 is 2.66 bits per heavy atom. The number of benzene rings is 2. The quantitative estimate of drug-likeness (QED) is 0.558. The fraction of sp³-hybridized carbons (Fsp3) is 0.250. The SMILES string of the molecule is COc1ccccc1OCCNC(=O)C(=O)Nc1ccc2c(c1)N(C)C(=O)CO2. The van der Waals surface area contributed by atoms with E-state index in [2.05, 4.69) is 10.6 Å². The molecule has 0 spiro atoms. The van der Waals surface area contributed by atoms with E-state index in [-0.39, 0.29) is 25.7 Å². The summed E-state index contributed by atoms with van der Waals surface area (Å²) in [6, 6.07) is 11.9. The average molecular weight is 399 g/mol. The highest BCUT2D eigenvalue weighted by atomic mass is 16.5. The Balaban J connectivity index is 1.50. The molecule has 2 aromatic rings. The number of nitrogens with one attached hydrogen (secondary N) is 2. The van der Waals surface area contributed by atoms with Gasteiger partial charge in [-0.2, -0.15) is 0 Å². The van der Waals surface area contributed by atoms with Crippen LogP contribution in [0.1, 0.15) is 0 Å². The number of rotatable bonds is 6. The second-order valence-electron chi connectivity index (χ2n) is 6.13. The van der Waals surface area contributed by atoms with Gasteiger partial charge in [-0.1, -0.05) is 12.1 Å². The largest absolute Gasteiger partial charge is 0.493 e. The van der Waals surface area contributed by atoms with E-state index in [9.17, 15) is 14.4 Å². The third-order valence-electron chi connectivity index (χ3n) is 4.22. The molecular formula is C20H21N3O6. The number of amides is 3. The lowest BCUT2D eigenvalue weighted by molar-refractivity contribution is -0.136. The lowest BCUT2D eigenvalue weighted by Gasteiger charge is -2.26. The third kappa shape index (κ3) is 4.75. The Kier molecular flexibility index (Phi) is 6.18. The summed E-state index contributed by atoms with van der Waals surface area (Å²) in [6.07, 6.45) is 0. The number of hydrogen-bond donors (Lipinski definition) is 2. The molecule has 1 heterocycles. The lowest BCUT2D eigenvalue weighted by atomic mass is 10.2. The van der Waals surface area contributed by atoms with Crippen molar-refractivity contribution in [1.82, 2.24) is 5.32 Å². The first-order valence-electron chi connectivity index (χ1n) is 8.88. The average Bonchev–Trinajstić information content (AvgIpc) is 2.74. The summed E-state index contributed by atoms with van der Waals surface area (Å²) in [6.45, 7) is 0.274. The van der Waals surface area contributed by atoms with Gasteiger partial charge in [0.15, 0.2) is 18.1 Å². The minimum Gasteiger partial charge on any atom is -0.493 e. The predicted octanol–water partition coefficient (Wildman–Crippen LogP) is 1.18. The Bertz CT molecular complexity index is 930. The van der Waals surface area contributed by atoms with Crippen LogP contribution in [0.4, 0.5) is 11.4 Å². The van der Waals surface area contributed by atoms with Crippen molar-refractivity contribution in [3.63, 3.8) is 0 Å². The van der Waals surface area contributed by atoms with E-state index in [1.54, 1.807) is 43.4 Å². The van der Waals surface area contributed by atoms with Crippen molar-refractivity contribution in [3.8, 4) is 17.2 Å². The van der Waals surface area contributed by atoms with Gasteiger partial charge >= 0.3 is 11.8 Å². The maximum atomic E-state index is 12.1. The molecule has 3 rings (SSSR count). The first kappa shape index (κ1) is 20.0. The van der Waals surface area contributed by atoms with Crippen LogP contribution in [0.25, 0.3) is 0 Å². The van der Waals surface area contributed by atoms with Crippen molar-refractivity contribution in [2.75, 3.05) is 44.1 Å². The van der Waals surface area contributed by atoms with Gasteiger partial charge < -0.3 is 29.7 Å². The third-order valence-corrected chi connectivity index (χ3v) is 4.22. The Morgan fingerprint density at radius 2 is 1.90 bits per heavy atom. The number of carbonyl (C=O) groups excluding carboxylic acids is 3. The molecular weight excluding hydrogens is 378 g/mol. The van der Waals surface area contributed by atoms with Crippen molar-refractivity contribution >= 4 is 29.1 Å². The van der Waals surface area contributed by atoms with Crippen LogP contribution >= 0.6 is 0 Å². The number of anilines is 2. The summed E-state index contributed by atoms with van der Waals surface area (Å²) in [7, 11) is 3.15. The summed E-state index contributed by atoms with van der Waals surface area (Å²) in [5.74, 6) is -0.170. The molecule has 1 aliphatic heterocycles. The van der Waals surface area contributed by atoms with Crippen LogP contribution in [0.15, 0.2) is 42.5 Å². The molecule has 0 aromatic heterocycles. The number of hydrogen-bond acceptors (Lipinski definition) is 6. The van der Waals surface area contributed by atoms with Crippen molar-refractivity contribution < 1.29 is 28.6 Å². The first-order valence-corrected chi connectivity index (χ1v) is 8.88. The van der Waals surface area contributed by atoms with Gasteiger partial charge in [0.1, 0.15) is 12.4 Å². The fourth-order valence-electron chi connectivity index (χ4n) is 2.68. The van der Waals surface area contributed by atoms with E-state index in [4.69, 9.17) is 14.2 Å². The molecule has 0 bridgehead atoms. The summed E-state index contributed by atoms with van der Waals surface area (Å²) >= 11 is 0. The summed E-state index contributed by atoms with van der Waals surface area (Å²) in [5, 5.41) is 4.98. The van der Waals surface area contributed by atoms with E-state index in [1.165, 1.54) is 12.0 Å². The monoisotopic (exact) mass is 399 g/mol. The van der Waals surface area contributed by atoms with Crippen LogP contribution in [-0.4, -0.2) is 51.6 Å². The highest BCUT2D eigenvalue weighted by Gasteiger charge is 2.23. The van der Waals surface area contributed by atoms with Crippen LogP contribution in [0.3, 0.4) is 0 Å². The number of carbonyl (C=O) groups is 3. The van der Waals surface area contributed by atoms with Crippen LogP contribution in [0, 0.1) is 0 Å². The number of fused-ring (bicyclic) bond motifs is 1. The highest BCUT2D eigenvalue weighted by molar-refractivity contribution is 6.39. The number of likely N-dealkylation sites (N-methyl/N-ethyl adjacent to an activating group) is 1. The molecule has 0 unspecified atom stereocenters. The number of para-hydroxylation sites is 2. The van der Waals surface area contributed by atoms with Crippen molar-refractivity contribution in [2.24, 2.45) is 0 Å². The standard InChI is InChI=1S/C20H21N3O6/c1-23-14-11-13(7-8-15(14)29-12-18(23)24)22-20(26)19(25)21-9-10-28-17-6-4-3-5-16(17)27-2/h3-8,11H,9-10,12H2,1-2H3,(H,21,25)(H,22,26). The Hall–Kier alpha value is -3.75. The molecule has 29 heavy (non-hydrogen) atoms. The molecule has 152 valence electrons. The van der Waals surface area contributed by atoms with Gasteiger partial charge in [-0.25, -0.2) is 0 Å². The molecule has 9 heteroatoms. The van der Waals surface area contributed by atoms with Crippen molar-refractivity contribution in [3.05, 3.63) is 42.5 Å². The molecule has 0 radical (unpaired) electrons. The number of ether oxygens (including phenoxy) is 3. The first-order chi connectivity index (χ1) is 14.0. The smallest absolute Gasteiger partial charge is 0.313 e. The highest BCUT2D eigenvalue weighted by Crippen LogP contribution is 2.33. The molecule has 9 nitrogen and oxygen atoms in total. The van der Waals surface area contributed by atoms with Crippen LogP contribution in [0.2, 0.25) is 0 Å². The van der Waals surface area contributed by atoms with E-state index in [0.29, 0.717) is 28.6 Å². The zero-order chi connectivity index (χ0) is 20.8. The normalized spacial score (nSPS) is 12.5. The molecule has 2 aromatic carbocycles. The summed E-state index contributed by atoms with van der Waals surface area (Å²) in [5.41, 5.74) is 0.893. The Morgan fingerprint density at radius 1 is 1.14 bits per heavy atom. The van der Waals surface area contributed by atoms with E-state index in [1.807, 2.05) is 6.07 Å². The van der Waals surface area contributed by atoms with Crippen molar-refractivity contribution in [2.45, 2.75) is 0 Å². The second-order valence-corrected chi connectivity index (χ2v) is 6.13. The molecule has 3 amide bonds. The molecule has 2 N–H and O–H groups in total. The summed E-state index contributed by atoms with van der Waals surface area (Å²) < 4.78 is 16.0. The van der Waals surface area contributed by atoms with Crippen LogP contribution < -0.4 is 29.7 Å². The minimum absolute atomic E-state index is 0.0332. The molecule has 0 fully saturated rings.